The summed E-state index contributed by atoms with van der Waals surface area (Å²) >= 11 is 0. The van der Waals surface area contributed by atoms with E-state index in [4.69, 9.17) is 9.84 Å². The standard InChI is InChI=1S/C12H23NO3/c1-2-3-4-5-6-7-11-10(8-9-14)13-12(15)16-11/h10-11,14H,2-9H2,1H3,(H,13,15)/t10-,11+/m0/s1. The van der Waals surface area contributed by atoms with E-state index < -0.39 is 0 Å². The summed E-state index contributed by atoms with van der Waals surface area (Å²) in [6.45, 7) is 2.29. The van der Waals surface area contributed by atoms with Crippen molar-refractivity contribution in [3.63, 3.8) is 0 Å². The highest BCUT2D eigenvalue weighted by atomic mass is 16.6. The summed E-state index contributed by atoms with van der Waals surface area (Å²) in [5.74, 6) is 0. The van der Waals surface area contributed by atoms with Gasteiger partial charge in [0.25, 0.3) is 0 Å². The molecule has 0 aromatic carbocycles. The van der Waals surface area contributed by atoms with Crippen LogP contribution >= 0.6 is 0 Å². The van der Waals surface area contributed by atoms with E-state index in [1.807, 2.05) is 0 Å². The first-order valence-electron chi connectivity index (χ1n) is 6.36. The molecule has 1 fully saturated rings. The van der Waals surface area contributed by atoms with Crippen molar-refractivity contribution in [3.05, 3.63) is 0 Å². The van der Waals surface area contributed by atoms with Crippen LogP contribution < -0.4 is 5.32 Å². The lowest BCUT2D eigenvalue weighted by atomic mass is 10.0. The second-order valence-electron chi connectivity index (χ2n) is 4.41. The molecule has 0 aliphatic carbocycles. The van der Waals surface area contributed by atoms with Gasteiger partial charge in [-0.3, -0.25) is 0 Å². The van der Waals surface area contributed by atoms with Crippen molar-refractivity contribution in [1.29, 1.82) is 0 Å². The van der Waals surface area contributed by atoms with Gasteiger partial charge in [-0.15, -0.1) is 0 Å². The number of amides is 1. The molecule has 2 atom stereocenters. The van der Waals surface area contributed by atoms with Crippen molar-refractivity contribution in [2.75, 3.05) is 6.61 Å². The van der Waals surface area contributed by atoms with E-state index in [9.17, 15) is 4.79 Å². The maximum absolute atomic E-state index is 11.1. The number of hydrogen-bond donors (Lipinski definition) is 2. The second kappa shape index (κ2) is 7.49. The first-order chi connectivity index (χ1) is 7.77. The fraction of sp³-hybridized carbons (Fsp3) is 0.917. The topological polar surface area (TPSA) is 58.6 Å². The normalized spacial score (nSPS) is 24.2. The highest BCUT2D eigenvalue weighted by Gasteiger charge is 2.32. The van der Waals surface area contributed by atoms with Crippen molar-refractivity contribution in [2.45, 2.75) is 64.0 Å². The minimum absolute atomic E-state index is 0.00340. The monoisotopic (exact) mass is 229 g/mol. The Morgan fingerprint density at radius 1 is 1.25 bits per heavy atom. The van der Waals surface area contributed by atoms with Crippen LogP contribution in [0.4, 0.5) is 4.79 Å². The molecule has 0 bridgehead atoms. The van der Waals surface area contributed by atoms with Crippen LogP contribution in [0, 0.1) is 0 Å². The zero-order valence-corrected chi connectivity index (χ0v) is 10.1. The lowest BCUT2D eigenvalue weighted by molar-refractivity contribution is 0.119. The van der Waals surface area contributed by atoms with Gasteiger partial charge in [0.05, 0.1) is 6.04 Å². The average molecular weight is 229 g/mol. The minimum atomic E-state index is -0.336. The molecule has 1 rings (SSSR count). The van der Waals surface area contributed by atoms with Crippen molar-refractivity contribution in [1.82, 2.24) is 5.32 Å². The van der Waals surface area contributed by atoms with Gasteiger partial charge in [-0.1, -0.05) is 32.6 Å². The maximum Gasteiger partial charge on any atom is 0.407 e. The largest absolute Gasteiger partial charge is 0.444 e. The number of nitrogens with one attached hydrogen (secondary N) is 1. The van der Waals surface area contributed by atoms with Crippen LogP contribution in [0.3, 0.4) is 0 Å². The molecule has 4 nitrogen and oxygen atoms in total. The number of unbranched alkanes of at least 4 members (excludes halogenated alkanes) is 4. The average Bonchev–Trinajstić information content (AvgIpc) is 2.59. The molecule has 1 saturated heterocycles. The minimum Gasteiger partial charge on any atom is -0.444 e. The summed E-state index contributed by atoms with van der Waals surface area (Å²) in [4.78, 5) is 11.1. The number of aliphatic hydroxyl groups excluding tert-OH is 1. The first-order valence-corrected chi connectivity index (χ1v) is 6.36. The van der Waals surface area contributed by atoms with Crippen LogP contribution in [0.25, 0.3) is 0 Å². The van der Waals surface area contributed by atoms with Gasteiger partial charge in [-0.25, -0.2) is 4.79 Å². The predicted molar refractivity (Wildman–Crippen MR) is 62.3 cm³/mol. The number of aliphatic hydroxyl groups is 1. The first kappa shape index (κ1) is 13.3. The number of alkyl carbamates (subject to hydrolysis) is 1. The van der Waals surface area contributed by atoms with E-state index in [1.165, 1.54) is 25.7 Å². The van der Waals surface area contributed by atoms with Crippen LogP contribution in [0.2, 0.25) is 0 Å². The van der Waals surface area contributed by atoms with Crippen LogP contribution in [0.5, 0.6) is 0 Å². The number of cyclic esters (lactones) is 1. The summed E-state index contributed by atoms with van der Waals surface area (Å²) in [5.41, 5.74) is 0. The molecule has 4 heteroatoms. The Labute approximate surface area is 97.4 Å². The third-order valence-corrected chi connectivity index (χ3v) is 3.04. The second-order valence-corrected chi connectivity index (χ2v) is 4.41. The third-order valence-electron chi connectivity index (χ3n) is 3.04. The molecule has 1 aliphatic heterocycles. The van der Waals surface area contributed by atoms with E-state index >= 15 is 0 Å². The Balaban J connectivity index is 2.16. The zero-order valence-electron chi connectivity index (χ0n) is 10.1. The molecule has 1 heterocycles. The van der Waals surface area contributed by atoms with Gasteiger partial charge in [0.15, 0.2) is 0 Å². The molecule has 1 amide bonds. The molecule has 94 valence electrons. The smallest absolute Gasteiger partial charge is 0.407 e. The summed E-state index contributed by atoms with van der Waals surface area (Å²) in [6.07, 6.45) is 7.21. The molecule has 0 unspecified atom stereocenters. The van der Waals surface area contributed by atoms with Crippen molar-refractivity contribution < 1.29 is 14.6 Å². The molecule has 0 saturated carbocycles. The lowest BCUT2D eigenvalue weighted by Crippen LogP contribution is -2.32. The molecular formula is C12H23NO3. The van der Waals surface area contributed by atoms with Gasteiger partial charge in [-0.2, -0.15) is 0 Å². The van der Waals surface area contributed by atoms with Gasteiger partial charge in [-0.05, 0) is 19.3 Å². The molecule has 0 spiro atoms. The third kappa shape index (κ3) is 4.39. The Kier molecular flexibility index (Phi) is 6.23. The quantitative estimate of drug-likeness (QED) is 0.627. The van der Waals surface area contributed by atoms with E-state index in [-0.39, 0.29) is 24.8 Å². The van der Waals surface area contributed by atoms with E-state index in [1.54, 1.807) is 0 Å². The van der Waals surface area contributed by atoms with Gasteiger partial charge in [0.1, 0.15) is 6.10 Å². The molecule has 0 aromatic heterocycles. The molecule has 2 N–H and O–H groups in total. The highest BCUT2D eigenvalue weighted by Crippen LogP contribution is 2.18. The summed E-state index contributed by atoms with van der Waals surface area (Å²) < 4.78 is 5.17. The zero-order chi connectivity index (χ0) is 11.8. The molecule has 1 aliphatic rings. The lowest BCUT2D eigenvalue weighted by Gasteiger charge is -2.15. The molecule has 16 heavy (non-hydrogen) atoms. The van der Waals surface area contributed by atoms with E-state index in [2.05, 4.69) is 12.2 Å². The van der Waals surface area contributed by atoms with Crippen molar-refractivity contribution in [3.8, 4) is 0 Å². The van der Waals surface area contributed by atoms with Crippen molar-refractivity contribution in [2.24, 2.45) is 0 Å². The number of carbonyl (C=O) groups is 1. The Bertz CT molecular complexity index is 208. The van der Waals surface area contributed by atoms with Crippen LogP contribution in [0.15, 0.2) is 0 Å². The fourth-order valence-electron chi connectivity index (χ4n) is 2.10. The fourth-order valence-corrected chi connectivity index (χ4v) is 2.10. The number of carbonyl (C=O) groups excluding carboxylic acids is 1. The number of hydrogen-bond acceptors (Lipinski definition) is 3. The number of ether oxygens (including phenoxy) is 1. The molecule has 0 radical (unpaired) electrons. The predicted octanol–water partition coefficient (Wildman–Crippen LogP) is 2.21. The van der Waals surface area contributed by atoms with Gasteiger partial charge in [0, 0.05) is 6.61 Å². The van der Waals surface area contributed by atoms with Gasteiger partial charge in [0.2, 0.25) is 0 Å². The summed E-state index contributed by atoms with van der Waals surface area (Å²) in [5, 5.41) is 11.6. The Hall–Kier alpha value is -0.770. The summed E-state index contributed by atoms with van der Waals surface area (Å²) in [6, 6.07) is 0.00340. The van der Waals surface area contributed by atoms with E-state index in [0.717, 1.165) is 12.8 Å². The van der Waals surface area contributed by atoms with Crippen LogP contribution in [-0.4, -0.2) is 30.0 Å². The van der Waals surface area contributed by atoms with Gasteiger partial charge < -0.3 is 15.2 Å². The van der Waals surface area contributed by atoms with Crippen LogP contribution in [-0.2, 0) is 4.74 Å². The van der Waals surface area contributed by atoms with Gasteiger partial charge >= 0.3 is 6.09 Å². The Morgan fingerprint density at radius 2 is 2.00 bits per heavy atom. The molecular weight excluding hydrogens is 206 g/mol. The summed E-state index contributed by atoms with van der Waals surface area (Å²) in [7, 11) is 0. The number of rotatable bonds is 8. The van der Waals surface area contributed by atoms with Crippen molar-refractivity contribution >= 4 is 6.09 Å². The molecule has 0 aromatic rings. The maximum atomic E-state index is 11.1. The SMILES string of the molecule is CCCCCCC[C@H]1OC(=O)N[C@H]1CCO. The van der Waals surface area contributed by atoms with Crippen LogP contribution in [0.1, 0.15) is 51.9 Å². The highest BCUT2D eigenvalue weighted by molar-refractivity contribution is 5.70. The Morgan fingerprint density at radius 3 is 2.69 bits per heavy atom. The van der Waals surface area contributed by atoms with E-state index in [0.29, 0.717) is 6.42 Å².